The van der Waals surface area contributed by atoms with Gasteiger partial charge in [-0.15, -0.1) is 5.10 Å². The molecule has 2 aromatic carbocycles. The maximum atomic E-state index is 13.3. The van der Waals surface area contributed by atoms with Gasteiger partial charge < -0.3 is 4.57 Å². The normalized spacial score (nSPS) is 13.6. The molecule has 0 N–H and O–H groups in total. The highest BCUT2D eigenvalue weighted by molar-refractivity contribution is 6.30. The first-order valence-electron chi connectivity index (χ1n) is 10.8. The van der Waals surface area contributed by atoms with E-state index in [0.29, 0.717) is 28.3 Å². The second kappa shape index (κ2) is 9.94. The van der Waals surface area contributed by atoms with Gasteiger partial charge in [0.1, 0.15) is 6.54 Å². The highest BCUT2D eigenvalue weighted by Gasteiger charge is 2.25. The van der Waals surface area contributed by atoms with E-state index in [1.807, 2.05) is 38.1 Å². The fourth-order valence-corrected chi connectivity index (χ4v) is 4.25. The van der Waals surface area contributed by atoms with Crippen LogP contribution in [-0.2, 0) is 11.2 Å². The van der Waals surface area contributed by atoms with E-state index in [2.05, 4.69) is 21.5 Å². The van der Waals surface area contributed by atoms with Gasteiger partial charge in [-0.2, -0.15) is 10.4 Å². The first kappa shape index (κ1) is 23.3. The molecule has 1 aromatic heterocycles. The monoisotopic (exact) mass is 471 g/mol. The molecule has 0 amide bonds. The summed E-state index contributed by atoms with van der Waals surface area (Å²) in [6, 6.07) is 17.2. The number of hydrogen-bond donors (Lipinski definition) is 0. The number of halogens is 1. The van der Waals surface area contributed by atoms with Crippen molar-refractivity contribution in [1.82, 2.24) is 4.57 Å². The zero-order chi connectivity index (χ0) is 24.2. The van der Waals surface area contributed by atoms with Crippen molar-refractivity contribution in [3.05, 3.63) is 92.9 Å². The average molecular weight is 472 g/mol. The molecule has 0 saturated carbocycles. The van der Waals surface area contributed by atoms with Gasteiger partial charge in [0.15, 0.2) is 5.78 Å². The lowest BCUT2D eigenvalue weighted by atomic mass is 9.94. The number of hydrogen-bond acceptors (Lipinski definition) is 6. The third-order valence-corrected chi connectivity index (χ3v) is 5.97. The zero-order valence-corrected chi connectivity index (χ0v) is 19.5. The van der Waals surface area contributed by atoms with Crippen molar-refractivity contribution in [2.75, 3.05) is 6.54 Å². The van der Waals surface area contributed by atoms with E-state index in [4.69, 9.17) is 11.6 Å². The van der Waals surface area contributed by atoms with E-state index in [1.54, 1.807) is 30.5 Å². The Morgan fingerprint density at radius 1 is 1.12 bits per heavy atom. The Morgan fingerprint density at radius 2 is 1.88 bits per heavy atom. The predicted octanol–water partition coefficient (Wildman–Crippen LogP) is 5.22. The molecule has 8 heteroatoms. The lowest BCUT2D eigenvalue weighted by Gasteiger charge is -2.23. The van der Waals surface area contributed by atoms with E-state index in [0.717, 1.165) is 16.8 Å². The summed E-state index contributed by atoms with van der Waals surface area (Å²) in [6.07, 6.45) is 1.82. The second-order valence-corrected chi connectivity index (χ2v) is 8.86. The number of carbonyl (C=O) groups excluding carboxylic acids is 1. The van der Waals surface area contributed by atoms with E-state index < -0.39 is 6.04 Å². The summed E-state index contributed by atoms with van der Waals surface area (Å²) >= 11 is 6.10. The Labute approximate surface area is 202 Å². The van der Waals surface area contributed by atoms with E-state index >= 15 is 0 Å². The third kappa shape index (κ3) is 4.87. The van der Waals surface area contributed by atoms with Crippen molar-refractivity contribution < 1.29 is 4.79 Å². The molecule has 0 aliphatic carbocycles. The van der Waals surface area contributed by atoms with E-state index in [9.17, 15) is 14.9 Å². The summed E-state index contributed by atoms with van der Waals surface area (Å²) in [5.41, 5.74) is 3.85. The third-order valence-electron chi connectivity index (χ3n) is 5.74. The van der Waals surface area contributed by atoms with Crippen LogP contribution < -0.4 is 5.56 Å². The van der Waals surface area contributed by atoms with E-state index in [1.165, 1.54) is 10.6 Å². The van der Waals surface area contributed by atoms with Crippen LogP contribution in [0.25, 0.3) is 11.1 Å². The van der Waals surface area contributed by atoms with Gasteiger partial charge in [0.05, 0.1) is 23.4 Å². The first-order chi connectivity index (χ1) is 16.4. The van der Waals surface area contributed by atoms with Gasteiger partial charge in [0.2, 0.25) is 0 Å². The van der Waals surface area contributed by atoms with Gasteiger partial charge in [-0.1, -0.05) is 49.7 Å². The fraction of sp³-hybridized carbons (Fsp3) is 0.231. The minimum atomic E-state index is -0.618. The Bertz CT molecular complexity index is 1400. The number of pyridine rings is 1. The zero-order valence-electron chi connectivity index (χ0n) is 18.8. The highest BCUT2D eigenvalue weighted by Crippen LogP contribution is 2.27. The van der Waals surface area contributed by atoms with Gasteiger partial charge in [-0.05, 0) is 52.1 Å². The summed E-state index contributed by atoms with van der Waals surface area (Å²) in [5.74, 6) is -0.145. The average Bonchev–Trinajstić information content (AvgIpc) is 3.35. The van der Waals surface area contributed by atoms with Crippen LogP contribution in [0.4, 0.5) is 0 Å². The number of carbonyl (C=O) groups is 1. The molecule has 0 fully saturated rings. The molecule has 1 atom stereocenters. The van der Waals surface area contributed by atoms with Gasteiger partial charge in [0.25, 0.3) is 5.56 Å². The summed E-state index contributed by atoms with van der Waals surface area (Å²) in [5, 5.41) is 21.4. The minimum absolute atomic E-state index is 0.0544. The van der Waals surface area contributed by atoms with Gasteiger partial charge in [-0.3, -0.25) is 9.59 Å². The molecule has 2 heterocycles. The van der Waals surface area contributed by atoms with Crippen molar-refractivity contribution in [3.63, 3.8) is 0 Å². The minimum Gasteiger partial charge on any atom is -0.305 e. The standard InChI is InChI=1S/C26H22ClN5O2/c1-16(2)26(24(33)11-17-3-5-18(6-4-17)23-15-29-31-30-23)32-10-9-19(12-25(32)34)22-13-21(27)8-7-20(22)14-28/h3-10,12-13,16,26H,11,15H2,1-2H3. The van der Waals surface area contributed by atoms with Crippen LogP contribution >= 0.6 is 11.6 Å². The lowest BCUT2D eigenvalue weighted by Crippen LogP contribution is -2.33. The summed E-state index contributed by atoms with van der Waals surface area (Å²) in [7, 11) is 0. The Kier molecular flexibility index (Phi) is 6.80. The molecule has 4 rings (SSSR count). The Balaban J connectivity index is 1.59. The van der Waals surface area contributed by atoms with Crippen molar-refractivity contribution in [2.24, 2.45) is 21.4 Å². The van der Waals surface area contributed by atoms with Crippen LogP contribution in [-0.4, -0.2) is 22.6 Å². The van der Waals surface area contributed by atoms with Crippen molar-refractivity contribution in [2.45, 2.75) is 26.3 Å². The van der Waals surface area contributed by atoms with Gasteiger partial charge in [-0.25, -0.2) is 0 Å². The van der Waals surface area contributed by atoms with Crippen LogP contribution in [0.2, 0.25) is 5.02 Å². The molecule has 170 valence electrons. The molecule has 3 aromatic rings. The molecular weight excluding hydrogens is 450 g/mol. The van der Waals surface area contributed by atoms with Gasteiger partial charge >= 0.3 is 0 Å². The van der Waals surface area contributed by atoms with Crippen LogP contribution in [0.5, 0.6) is 0 Å². The van der Waals surface area contributed by atoms with Crippen molar-refractivity contribution in [1.29, 1.82) is 5.26 Å². The molecule has 1 unspecified atom stereocenters. The lowest BCUT2D eigenvalue weighted by molar-refractivity contribution is -0.122. The SMILES string of the molecule is CC(C)C(C(=O)Cc1ccc(C2=NN=NC2)cc1)n1ccc(-c2cc(Cl)ccc2C#N)cc1=O. The largest absolute Gasteiger partial charge is 0.305 e. The molecule has 7 nitrogen and oxygen atoms in total. The topological polar surface area (TPSA) is 99.9 Å². The molecular formula is C26H22ClN5O2. The number of ketones is 1. The maximum absolute atomic E-state index is 13.3. The molecule has 0 radical (unpaired) electrons. The molecule has 1 aliphatic rings. The fourth-order valence-electron chi connectivity index (χ4n) is 4.07. The number of nitriles is 1. The number of benzene rings is 2. The number of rotatable bonds is 7. The second-order valence-electron chi connectivity index (χ2n) is 8.43. The maximum Gasteiger partial charge on any atom is 0.251 e. The smallest absolute Gasteiger partial charge is 0.251 e. The van der Waals surface area contributed by atoms with Crippen LogP contribution in [0, 0.1) is 17.2 Å². The highest BCUT2D eigenvalue weighted by atomic mass is 35.5. The Hall–Kier alpha value is -3.89. The number of Topliss-reactive ketones (excluding diaryl/α,β-unsaturated/α-hetero) is 1. The van der Waals surface area contributed by atoms with Crippen LogP contribution in [0.3, 0.4) is 0 Å². The first-order valence-corrected chi connectivity index (χ1v) is 11.2. The Morgan fingerprint density at radius 3 is 2.50 bits per heavy atom. The molecule has 0 spiro atoms. The van der Waals surface area contributed by atoms with Crippen LogP contribution in [0.1, 0.15) is 36.6 Å². The summed E-state index contributed by atoms with van der Waals surface area (Å²) in [6.45, 7) is 4.29. The van der Waals surface area contributed by atoms with Crippen molar-refractivity contribution >= 4 is 23.1 Å². The summed E-state index contributed by atoms with van der Waals surface area (Å²) < 4.78 is 1.47. The number of nitrogens with zero attached hydrogens (tertiary/aromatic N) is 5. The molecule has 34 heavy (non-hydrogen) atoms. The summed E-state index contributed by atoms with van der Waals surface area (Å²) in [4.78, 5) is 26.3. The molecule has 1 aliphatic heterocycles. The molecule has 0 bridgehead atoms. The predicted molar refractivity (Wildman–Crippen MR) is 131 cm³/mol. The quantitative estimate of drug-likeness (QED) is 0.472. The van der Waals surface area contributed by atoms with E-state index in [-0.39, 0.29) is 23.7 Å². The van der Waals surface area contributed by atoms with Crippen LogP contribution in [0.15, 0.2) is 81.0 Å². The number of aromatic nitrogens is 1. The van der Waals surface area contributed by atoms with Gasteiger partial charge in [0, 0.05) is 29.3 Å². The molecule has 0 saturated heterocycles. The van der Waals surface area contributed by atoms with Crippen molar-refractivity contribution in [3.8, 4) is 17.2 Å².